The van der Waals surface area contributed by atoms with Crippen molar-refractivity contribution in [2.24, 2.45) is 0 Å². The molecule has 2 aromatic rings. The minimum absolute atomic E-state index is 0.285. The van der Waals surface area contributed by atoms with E-state index in [1.54, 1.807) is 19.2 Å². The molecule has 0 spiro atoms. The Hall–Kier alpha value is -2.49. The summed E-state index contributed by atoms with van der Waals surface area (Å²) in [5, 5.41) is 12.4. The molecule has 0 fully saturated rings. The van der Waals surface area contributed by atoms with Crippen molar-refractivity contribution in [2.45, 2.75) is 13.5 Å². The molecule has 20 heavy (non-hydrogen) atoms. The third kappa shape index (κ3) is 3.29. The van der Waals surface area contributed by atoms with E-state index in [1.165, 1.54) is 0 Å². The predicted octanol–water partition coefficient (Wildman–Crippen LogP) is 3.31. The van der Waals surface area contributed by atoms with Crippen molar-refractivity contribution < 1.29 is 14.6 Å². The molecule has 0 bridgehead atoms. The monoisotopic (exact) mass is 271 g/mol. The van der Waals surface area contributed by atoms with Crippen LogP contribution in [0.2, 0.25) is 0 Å². The average Bonchev–Trinajstić information content (AvgIpc) is 2.46. The first-order chi connectivity index (χ1) is 9.60. The Morgan fingerprint density at radius 3 is 2.75 bits per heavy atom. The van der Waals surface area contributed by atoms with Gasteiger partial charge in [-0.05, 0) is 36.8 Å². The van der Waals surface area contributed by atoms with Crippen molar-refractivity contribution >= 4 is 11.7 Å². The second-order valence-corrected chi connectivity index (χ2v) is 4.56. The number of nitrogens with one attached hydrogen (secondary N) is 1. The highest BCUT2D eigenvalue weighted by molar-refractivity contribution is 5.94. The Labute approximate surface area is 118 Å². The normalized spacial score (nSPS) is 10.1. The minimum atomic E-state index is -0.929. The van der Waals surface area contributed by atoms with E-state index in [1.807, 2.05) is 37.3 Å². The van der Waals surface area contributed by atoms with E-state index in [-0.39, 0.29) is 5.56 Å². The quantitative estimate of drug-likeness (QED) is 0.876. The van der Waals surface area contributed by atoms with Gasteiger partial charge < -0.3 is 15.2 Å². The highest BCUT2D eigenvalue weighted by atomic mass is 16.5. The zero-order chi connectivity index (χ0) is 14.5. The van der Waals surface area contributed by atoms with E-state index >= 15 is 0 Å². The molecule has 0 aliphatic heterocycles. The Morgan fingerprint density at radius 1 is 1.25 bits per heavy atom. The van der Waals surface area contributed by atoms with Crippen LogP contribution in [0, 0.1) is 6.92 Å². The number of aryl methyl sites for hydroxylation is 1. The standard InChI is InChI=1S/C16H17NO3/c1-11-6-7-15(14(8-11)16(18)19)17-10-12-4-3-5-13(9-12)20-2/h3-9,17H,10H2,1-2H3,(H,18,19). The van der Waals surface area contributed by atoms with Gasteiger partial charge >= 0.3 is 5.97 Å². The van der Waals surface area contributed by atoms with E-state index in [9.17, 15) is 9.90 Å². The molecule has 2 N–H and O–H groups in total. The maximum absolute atomic E-state index is 11.2. The number of carboxylic acids is 1. The Morgan fingerprint density at radius 2 is 2.05 bits per heavy atom. The molecule has 0 amide bonds. The average molecular weight is 271 g/mol. The Kier molecular flexibility index (Phi) is 4.25. The van der Waals surface area contributed by atoms with Crippen molar-refractivity contribution in [3.8, 4) is 5.75 Å². The number of hydrogen-bond donors (Lipinski definition) is 2. The zero-order valence-electron chi connectivity index (χ0n) is 11.5. The van der Waals surface area contributed by atoms with Gasteiger partial charge in [0.1, 0.15) is 5.75 Å². The van der Waals surface area contributed by atoms with Gasteiger partial charge in [0, 0.05) is 12.2 Å². The SMILES string of the molecule is COc1cccc(CNc2ccc(C)cc2C(=O)O)c1. The smallest absolute Gasteiger partial charge is 0.337 e. The summed E-state index contributed by atoms with van der Waals surface area (Å²) in [6.07, 6.45) is 0. The van der Waals surface area contributed by atoms with Crippen LogP contribution in [0.3, 0.4) is 0 Å². The summed E-state index contributed by atoms with van der Waals surface area (Å²) < 4.78 is 5.16. The summed E-state index contributed by atoms with van der Waals surface area (Å²) in [5.74, 6) is -0.145. The second kappa shape index (κ2) is 6.10. The van der Waals surface area contributed by atoms with Gasteiger partial charge in [-0.15, -0.1) is 0 Å². The molecule has 0 saturated carbocycles. The molecule has 2 aromatic carbocycles. The van der Waals surface area contributed by atoms with Crippen molar-refractivity contribution in [1.29, 1.82) is 0 Å². The molecule has 2 rings (SSSR count). The van der Waals surface area contributed by atoms with Gasteiger partial charge in [-0.1, -0.05) is 23.8 Å². The number of rotatable bonds is 5. The molecule has 4 nitrogen and oxygen atoms in total. The summed E-state index contributed by atoms with van der Waals surface area (Å²) >= 11 is 0. The predicted molar refractivity (Wildman–Crippen MR) is 78.5 cm³/mol. The van der Waals surface area contributed by atoms with Gasteiger partial charge in [0.15, 0.2) is 0 Å². The fourth-order valence-electron chi connectivity index (χ4n) is 1.97. The highest BCUT2D eigenvalue weighted by Crippen LogP contribution is 2.19. The van der Waals surface area contributed by atoms with E-state index in [4.69, 9.17) is 4.74 Å². The molecule has 0 heterocycles. The van der Waals surface area contributed by atoms with Crippen molar-refractivity contribution in [1.82, 2.24) is 0 Å². The van der Waals surface area contributed by atoms with E-state index < -0.39 is 5.97 Å². The Bertz CT molecular complexity index is 623. The van der Waals surface area contributed by atoms with Gasteiger partial charge in [0.2, 0.25) is 0 Å². The molecule has 4 heteroatoms. The first kappa shape index (κ1) is 13.9. The van der Waals surface area contributed by atoms with Crippen LogP contribution in [0.4, 0.5) is 5.69 Å². The van der Waals surface area contributed by atoms with Gasteiger partial charge in [-0.25, -0.2) is 4.79 Å². The van der Waals surface area contributed by atoms with Gasteiger partial charge in [0.05, 0.1) is 12.7 Å². The van der Waals surface area contributed by atoms with Crippen LogP contribution in [0.15, 0.2) is 42.5 Å². The molecule has 0 aliphatic carbocycles. The molecule has 104 valence electrons. The second-order valence-electron chi connectivity index (χ2n) is 4.56. The third-order valence-corrected chi connectivity index (χ3v) is 3.02. The summed E-state index contributed by atoms with van der Waals surface area (Å²) in [6, 6.07) is 13.0. The molecular weight excluding hydrogens is 254 g/mol. The molecule has 0 saturated heterocycles. The van der Waals surface area contributed by atoms with Crippen LogP contribution in [0.5, 0.6) is 5.75 Å². The number of hydrogen-bond acceptors (Lipinski definition) is 3. The first-order valence-electron chi connectivity index (χ1n) is 6.31. The van der Waals surface area contributed by atoms with Crippen LogP contribution >= 0.6 is 0 Å². The van der Waals surface area contributed by atoms with Gasteiger partial charge in [-0.2, -0.15) is 0 Å². The molecule has 0 unspecified atom stereocenters. The van der Waals surface area contributed by atoms with Gasteiger partial charge in [-0.3, -0.25) is 0 Å². The van der Waals surface area contributed by atoms with Crippen LogP contribution in [0.1, 0.15) is 21.5 Å². The molecular formula is C16H17NO3. The molecule has 0 aromatic heterocycles. The lowest BCUT2D eigenvalue weighted by molar-refractivity contribution is 0.0698. The van der Waals surface area contributed by atoms with Crippen LogP contribution in [-0.4, -0.2) is 18.2 Å². The number of aromatic carboxylic acids is 1. The lowest BCUT2D eigenvalue weighted by atomic mass is 10.1. The Balaban J connectivity index is 2.16. The van der Waals surface area contributed by atoms with Crippen LogP contribution < -0.4 is 10.1 Å². The van der Waals surface area contributed by atoms with Crippen LogP contribution in [0.25, 0.3) is 0 Å². The van der Waals surface area contributed by atoms with Gasteiger partial charge in [0.25, 0.3) is 0 Å². The van der Waals surface area contributed by atoms with Crippen LogP contribution in [-0.2, 0) is 6.54 Å². The minimum Gasteiger partial charge on any atom is -0.497 e. The summed E-state index contributed by atoms with van der Waals surface area (Å²) in [5.41, 5.74) is 2.86. The van der Waals surface area contributed by atoms with E-state index in [2.05, 4.69) is 5.32 Å². The molecule has 0 radical (unpaired) electrons. The number of carbonyl (C=O) groups is 1. The number of ether oxygens (including phenoxy) is 1. The maximum Gasteiger partial charge on any atom is 0.337 e. The first-order valence-corrected chi connectivity index (χ1v) is 6.31. The summed E-state index contributed by atoms with van der Waals surface area (Å²) in [6.45, 7) is 2.42. The fourth-order valence-corrected chi connectivity index (χ4v) is 1.97. The number of carboxylic acid groups (broad SMARTS) is 1. The molecule has 0 atom stereocenters. The van der Waals surface area contributed by atoms with Crippen molar-refractivity contribution in [2.75, 3.05) is 12.4 Å². The lowest BCUT2D eigenvalue weighted by Crippen LogP contribution is -2.06. The number of methoxy groups -OCH3 is 1. The summed E-state index contributed by atoms with van der Waals surface area (Å²) in [7, 11) is 1.62. The van der Waals surface area contributed by atoms with Crippen molar-refractivity contribution in [3.05, 3.63) is 59.2 Å². The maximum atomic E-state index is 11.2. The van der Waals surface area contributed by atoms with Crippen molar-refractivity contribution in [3.63, 3.8) is 0 Å². The third-order valence-electron chi connectivity index (χ3n) is 3.02. The number of benzene rings is 2. The highest BCUT2D eigenvalue weighted by Gasteiger charge is 2.09. The molecule has 0 aliphatic rings. The summed E-state index contributed by atoms with van der Waals surface area (Å²) in [4.78, 5) is 11.2. The number of anilines is 1. The van der Waals surface area contributed by atoms with E-state index in [0.717, 1.165) is 16.9 Å². The largest absolute Gasteiger partial charge is 0.497 e. The zero-order valence-corrected chi connectivity index (χ0v) is 11.5. The fraction of sp³-hybridized carbons (Fsp3) is 0.188. The lowest BCUT2D eigenvalue weighted by Gasteiger charge is -2.11. The van der Waals surface area contributed by atoms with E-state index in [0.29, 0.717) is 12.2 Å². The topological polar surface area (TPSA) is 58.6 Å².